The molecule has 1 N–H and O–H groups in total. The van der Waals surface area contributed by atoms with E-state index in [-0.39, 0.29) is 0 Å². The molecule has 3 aromatic rings. The fraction of sp³-hybridized carbons (Fsp3) is 0.353. The molecule has 7 heteroatoms. The minimum absolute atomic E-state index is 0.670. The Kier molecular flexibility index (Phi) is 5.10. The van der Waals surface area contributed by atoms with E-state index in [2.05, 4.69) is 37.3 Å². The second-order valence-electron chi connectivity index (χ2n) is 5.42. The first-order valence-electron chi connectivity index (χ1n) is 8.06. The topological polar surface area (TPSA) is 89.6 Å². The molecule has 0 aliphatic carbocycles. The lowest BCUT2D eigenvalue weighted by Crippen LogP contribution is -2.07. The molecule has 0 aliphatic heterocycles. The van der Waals surface area contributed by atoms with Crippen molar-refractivity contribution in [3.8, 4) is 11.4 Å². The van der Waals surface area contributed by atoms with Crippen LogP contribution in [0.2, 0.25) is 0 Å². The minimum Gasteiger partial charge on any atom is -0.370 e. The lowest BCUT2D eigenvalue weighted by molar-refractivity contribution is 0.373. The zero-order chi connectivity index (χ0) is 16.8. The van der Waals surface area contributed by atoms with Crippen molar-refractivity contribution < 1.29 is 4.52 Å². The number of nitrogens with zero attached hydrogens (tertiary/aromatic N) is 5. The first-order valence-corrected chi connectivity index (χ1v) is 8.06. The van der Waals surface area contributed by atoms with Crippen molar-refractivity contribution >= 4 is 5.82 Å². The number of pyridine rings is 1. The lowest BCUT2D eigenvalue weighted by Gasteiger charge is -2.09. The highest BCUT2D eigenvalue weighted by molar-refractivity contribution is 5.56. The fourth-order valence-corrected chi connectivity index (χ4v) is 2.30. The molecule has 0 fully saturated rings. The molecule has 0 saturated carbocycles. The number of hydrogen-bond acceptors (Lipinski definition) is 7. The maximum atomic E-state index is 5.11. The highest BCUT2D eigenvalue weighted by Gasteiger charge is 2.07. The maximum absolute atomic E-state index is 5.11. The zero-order valence-corrected chi connectivity index (χ0v) is 13.9. The summed E-state index contributed by atoms with van der Waals surface area (Å²) in [6, 6.07) is 5.81. The summed E-state index contributed by atoms with van der Waals surface area (Å²) in [6.45, 7) is 4.68. The van der Waals surface area contributed by atoms with Crippen LogP contribution in [0.25, 0.3) is 11.4 Å². The van der Waals surface area contributed by atoms with E-state index in [1.807, 2.05) is 25.1 Å². The predicted molar refractivity (Wildman–Crippen MR) is 90.5 cm³/mol. The molecule has 0 amide bonds. The van der Waals surface area contributed by atoms with Crippen LogP contribution >= 0.6 is 0 Å². The van der Waals surface area contributed by atoms with E-state index in [1.165, 1.54) is 0 Å². The van der Waals surface area contributed by atoms with Crippen molar-refractivity contribution in [2.45, 2.75) is 33.1 Å². The van der Waals surface area contributed by atoms with Crippen LogP contribution in [0.5, 0.6) is 0 Å². The van der Waals surface area contributed by atoms with Gasteiger partial charge < -0.3 is 9.84 Å². The van der Waals surface area contributed by atoms with Gasteiger partial charge in [-0.1, -0.05) is 12.1 Å². The smallest absolute Gasteiger partial charge is 0.226 e. The van der Waals surface area contributed by atoms with Gasteiger partial charge in [-0.3, -0.25) is 4.98 Å². The Balaban J connectivity index is 1.64. The zero-order valence-electron chi connectivity index (χ0n) is 13.9. The summed E-state index contributed by atoms with van der Waals surface area (Å²) in [5.74, 6) is 2.88. The molecule has 0 radical (unpaired) electrons. The van der Waals surface area contributed by atoms with E-state index in [4.69, 9.17) is 4.52 Å². The van der Waals surface area contributed by atoms with Crippen LogP contribution < -0.4 is 5.32 Å². The van der Waals surface area contributed by atoms with E-state index < -0.39 is 0 Å². The monoisotopic (exact) mass is 324 g/mol. The molecule has 0 aromatic carbocycles. The molecule has 0 spiro atoms. The number of nitrogens with one attached hydrogen (secondary N) is 1. The van der Waals surface area contributed by atoms with Gasteiger partial charge in [-0.25, -0.2) is 9.97 Å². The van der Waals surface area contributed by atoms with Gasteiger partial charge in [-0.15, -0.1) is 0 Å². The Bertz CT molecular complexity index is 787. The Morgan fingerprint density at radius 1 is 1.12 bits per heavy atom. The molecular formula is C17H20N6O. The van der Waals surface area contributed by atoms with Gasteiger partial charge >= 0.3 is 0 Å². The molecule has 0 atom stereocenters. The molecule has 0 aliphatic rings. The second kappa shape index (κ2) is 7.63. The van der Waals surface area contributed by atoms with Crippen LogP contribution in [0.15, 0.2) is 35.1 Å². The van der Waals surface area contributed by atoms with Crippen molar-refractivity contribution in [2.24, 2.45) is 0 Å². The third-order valence-corrected chi connectivity index (χ3v) is 3.52. The van der Waals surface area contributed by atoms with Crippen molar-refractivity contribution in [1.29, 1.82) is 0 Å². The van der Waals surface area contributed by atoms with Crippen LogP contribution in [0, 0.1) is 6.92 Å². The first kappa shape index (κ1) is 16.0. The molecular weight excluding hydrogens is 304 g/mol. The molecule has 24 heavy (non-hydrogen) atoms. The SMILES string of the molecule is CCc1cc(NCCCc2nc(C)no2)nc(-c2ccncc2)n1. The summed E-state index contributed by atoms with van der Waals surface area (Å²) < 4.78 is 5.11. The van der Waals surface area contributed by atoms with Gasteiger partial charge in [-0.05, 0) is 31.9 Å². The number of aryl methyl sites for hydroxylation is 3. The Morgan fingerprint density at radius 2 is 1.96 bits per heavy atom. The van der Waals surface area contributed by atoms with Gasteiger partial charge in [0.1, 0.15) is 5.82 Å². The van der Waals surface area contributed by atoms with Crippen LogP contribution in [-0.4, -0.2) is 31.6 Å². The van der Waals surface area contributed by atoms with E-state index >= 15 is 0 Å². The molecule has 124 valence electrons. The summed E-state index contributed by atoms with van der Waals surface area (Å²) >= 11 is 0. The number of anilines is 1. The van der Waals surface area contributed by atoms with E-state index in [0.29, 0.717) is 17.5 Å². The summed E-state index contributed by atoms with van der Waals surface area (Å²) in [7, 11) is 0. The highest BCUT2D eigenvalue weighted by atomic mass is 16.5. The largest absolute Gasteiger partial charge is 0.370 e. The Labute approximate surface area is 140 Å². The number of rotatable bonds is 7. The minimum atomic E-state index is 0.670. The number of hydrogen-bond donors (Lipinski definition) is 1. The van der Waals surface area contributed by atoms with E-state index in [9.17, 15) is 0 Å². The van der Waals surface area contributed by atoms with Crippen molar-refractivity contribution in [2.75, 3.05) is 11.9 Å². The second-order valence-corrected chi connectivity index (χ2v) is 5.42. The summed E-state index contributed by atoms with van der Waals surface area (Å²) in [5.41, 5.74) is 1.97. The molecule has 0 saturated heterocycles. The van der Waals surface area contributed by atoms with Gasteiger partial charge in [0.05, 0.1) is 0 Å². The predicted octanol–water partition coefficient (Wildman–Crippen LogP) is 2.84. The molecule has 3 aromatic heterocycles. The van der Waals surface area contributed by atoms with Gasteiger partial charge in [0.15, 0.2) is 11.6 Å². The average molecular weight is 324 g/mol. The van der Waals surface area contributed by atoms with Crippen LogP contribution in [0.1, 0.15) is 30.8 Å². The Hall–Kier alpha value is -2.83. The van der Waals surface area contributed by atoms with Gasteiger partial charge in [0.25, 0.3) is 0 Å². The average Bonchev–Trinajstić information content (AvgIpc) is 3.04. The van der Waals surface area contributed by atoms with Gasteiger partial charge in [0, 0.05) is 42.7 Å². The summed E-state index contributed by atoms with van der Waals surface area (Å²) in [5, 5.41) is 7.14. The molecule has 0 bridgehead atoms. The lowest BCUT2D eigenvalue weighted by atomic mass is 10.2. The van der Waals surface area contributed by atoms with Crippen LogP contribution in [-0.2, 0) is 12.8 Å². The summed E-state index contributed by atoms with van der Waals surface area (Å²) in [4.78, 5) is 17.4. The van der Waals surface area contributed by atoms with E-state index in [1.54, 1.807) is 12.4 Å². The van der Waals surface area contributed by atoms with Crippen molar-refractivity contribution in [3.05, 3.63) is 48.0 Å². The molecule has 0 unspecified atom stereocenters. The van der Waals surface area contributed by atoms with E-state index in [0.717, 1.165) is 42.9 Å². The summed E-state index contributed by atoms with van der Waals surface area (Å²) in [6.07, 6.45) is 5.98. The third-order valence-electron chi connectivity index (χ3n) is 3.52. The van der Waals surface area contributed by atoms with Gasteiger partial charge in [0.2, 0.25) is 5.89 Å². The van der Waals surface area contributed by atoms with Crippen molar-refractivity contribution in [3.63, 3.8) is 0 Å². The van der Waals surface area contributed by atoms with Crippen LogP contribution in [0.4, 0.5) is 5.82 Å². The Morgan fingerprint density at radius 3 is 2.67 bits per heavy atom. The molecule has 3 heterocycles. The van der Waals surface area contributed by atoms with Gasteiger partial charge in [-0.2, -0.15) is 4.98 Å². The molecule has 3 rings (SSSR count). The normalized spacial score (nSPS) is 10.8. The fourth-order valence-electron chi connectivity index (χ4n) is 2.30. The number of aromatic nitrogens is 5. The maximum Gasteiger partial charge on any atom is 0.226 e. The van der Waals surface area contributed by atoms with Crippen molar-refractivity contribution in [1.82, 2.24) is 25.1 Å². The first-order chi connectivity index (χ1) is 11.7. The van der Waals surface area contributed by atoms with Crippen LogP contribution in [0.3, 0.4) is 0 Å². The third kappa shape index (κ3) is 4.13. The molecule has 7 nitrogen and oxygen atoms in total. The quantitative estimate of drug-likeness (QED) is 0.668. The highest BCUT2D eigenvalue weighted by Crippen LogP contribution is 2.17. The standard InChI is InChI=1S/C17H20N6O/c1-3-14-11-15(19-8-4-5-16-20-12(2)23-24-16)22-17(21-14)13-6-9-18-10-7-13/h6-7,9-11H,3-5,8H2,1-2H3,(H,19,21,22).